The molecule has 1 heterocycles. The number of amides is 3. The Morgan fingerprint density at radius 1 is 1.00 bits per heavy atom. The SMILES string of the molecule is CCCN(CCC)C(=O)c1cc(C)cc(C(=O)N(C[C@@H](O)[C@@H](N)Cc2cc(F)cc(F)c2)[C@H]2CCCCNC2=O)c1. The molecule has 2 aromatic rings. The maximum Gasteiger partial charge on any atom is 0.254 e. The van der Waals surface area contributed by atoms with E-state index in [2.05, 4.69) is 5.32 Å². The highest BCUT2D eigenvalue weighted by molar-refractivity contribution is 6.01. The van der Waals surface area contributed by atoms with Crippen LogP contribution in [0.3, 0.4) is 0 Å². The Hall–Kier alpha value is -3.37. The van der Waals surface area contributed by atoms with E-state index in [0.29, 0.717) is 43.6 Å². The van der Waals surface area contributed by atoms with Crippen LogP contribution in [0.1, 0.15) is 77.8 Å². The van der Waals surface area contributed by atoms with E-state index in [0.717, 1.165) is 37.5 Å². The van der Waals surface area contributed by atoms with Crippen LogP contribution in [-0.4, -0.2) is 77.0 Å². The van der Waals surface area contributed by atoms with Crippen LogP contribution in [0.25, 0.3) is 0 Å². The summed E-state index contributed by atoms with van der Waals surface area (Å²) in [5.41, 5.74) is 7.81. The number of carbonyl (C=O) groups is 3. The van der Waals surface area contributed by atoms with Crippen molar-refractivity contribution < 1.29 is 28.3 Å². The molecule has 0 radical (unpaired) electrons. The average molecular weight is 573 g/mol. The molecule has 41 heavy (non-hydrogen) atoms. The monoisotopic (exact) mass is 572 g/mol. The molecule has 224 valence electrons. The third-order valence-corrected chi connectivity index (χ3v) is 7.26. The minimum atomic E-state index is -1.29. The van der Waals surface area contributed by atoms with E-state index in [1.807, 2.05) is 13.8 Å². The highest BCUT2D eigenvalue weighted by atomic mass is 19.1. The largest absolute Gasteiger partial charge is 0.390 e. The van der Waals surface area contributed by atoms with Gasteiger partial charge < -0.3 is 26.0 Å². The zero-order valence-corrected chi connectivity index (χ0v) is 24.2. The van der Waals surface area contributed by atoms with Crippen LogP contribution < -0.4 is 11.1 Å². The molecular formula is C31H42F2N4O4. The van der Waals surface area contributed by atoms with Gasteiger partial charge in [0.25, 0.3) is 11.8 Å². The van der Waals surface area contributed by atoms with E-state index < -0.39 is 35.7 Å². The number of benzene rings is 2. The minimum Gasteiger partial charge on any atom is -0.390 e. The van der Waals surface area contributed by atoms with Gasteiger partial charge in [-0.25, -0.2) is 8.78 Å². The van der Waals surface area contributed by atoms with Gasteiger partial charge in [-0.15, -0.1) is 0 Å². The number of nitrogens with zero attached hydrogens (tertiary/aromatic N) is 2. The van der Waals surface area contributed by atoms with E-state index in [1.54, 1.807) is 30.0 Å². The van der Waals surface area contributed by atoms with Gasteiger partial charge in [-0.2, -0.15) is 0 Å². The Morgan fingerprint density at radius 3 is 2.22 bits per heavy atom. The Kier molecular flexibility index (Phi) is 11.8. The van der Waals surface area contributed by atoms with E-state index in [4.69, 9.17) is 5.73 Å². The molecule has 0 spiro atoms. The molecule has 0 saturated carbocycles. The van der Waals surface area contributed by atoms with Crippen molar-refractivity contribution in [2.75, 3.05) is 26.2 Å². The van der Waals surface area contributed by atoms with Gasteiger partial charge in [-0.05, 0) is 86.9 Å². The number of aryl methyl sites for hydroxylation is 1. The number of aliphatic hydroxyl groups excluding tert-OH is 1. The molecule has 1 aliphatic heterocycles. The van der Waals surface area contributed by atoms with Gasteiger partial charge in [-0.1, -0.05) is 13.8 Å². The van der Waals surface area contributed by atoms with Gasteiger partial charge in [-0.3, -0.25) is 14.4 Å². The van der Waals surface area contributed by atoms with Crippen LogP contribution in [0.2, 0.25) is 0 Å². The van der Waals surface area contributed by atoms with Gasteiger partial charge in [0.15, 0.2) is 0 Å². The van der Waals surface area contributed by atoms with E-state index in [1.165, 1.54) is 4.90 Å². The second-order valence-corrected chi connectivity index (χ2v) is 10.9. The van der Waals surface area contributed by atoms with Crippen molar-refractivity contribution in [2.24, 2.45) is 5.73 Å². The summed E-state index contributed by atoms with van der Waals surface area (Å²) in [5, 5.41) is 13.9. The lowest BCUT2D eigenvalue weighted by atomic mass is 9.99. The summed E-state index contributed by atoms with van der Waals surface area (Å²) in [5.74, 6) is -2.52. The lowest BCUT2D eigenvalue weighted by Crippen LogP contribution is -2.54. The molecule has 1 saturated heterocycles. The maximum absolute atomic E-state index is 14.0. The van der Waals surface area contributed by atoms with Crippen LogP contribution >= 0.6 is 0 Å². The lowest BCUT2D eigenvalue weighted by Gasteiger charge is -2.33. The first-order valence-corrected chi connectivity index (χ1v) is 14.4. The van der Waals surface area contributed by atoms with Crippen LogP contribution in [0.4, 0.5) is 8.78 Å². The summed E-state index contributed by atoms with van der Waals surface area (Å²) in [6, 6.07) is 6.16. The van der Waals surface area contributed by atoms with Crippen molar-refractivity contribution in [2.45, 2.75) is 77.5 Å². The van der Waals surface area contributed by atoms with Gasteiger partial charge >= 0.3 is 0 Å². The molecular weight excluding hydrogens is 530 g/mol. The fourth-order valence-corrected chi connectivity index (χ4v) is 5.28. The van der Waals surface area contributed by atoms with E-state index in [9.17, 15) is 28.3 Å². The number of hydrogen-bond acceptors (Lipinski definition) is 5. The van der Waals surface area contributed by atoms with Crippen molar-refractivity contribution >= 4 is 17.7 Å². The third kappa shape index (κ3) is 8.81. The zero-order valence-electron chi connectivity index (χ0n) is 24.2. The molecule has 0 aliphatic carbocycles. The molecule has 4 N–H and O–H groups in total. The predicted molar refractivity (Wildman–Crippen MR) is 153 cm³/mol. The Bertz CT molecular complexity index is 1200. The van der Waals surface area contributed by atoms with Crippen LogP contribution in [0.15, 0.2) is 36.4 Å². The quantitative estimate of drug-likeness (QED) is 0.360. The summed E-state index contributed by atoms with van der Waals surface area (Å²) in [6.45, 7) is 7.19. The predicted octanol–water partition coefficient (Wildman–Crippen LogP) is 3.58. The fraction of sp³-hybridized carbons (Fsp3) is 0.516. The van der Waals surface area contributed by atoms with Crippen LogP contribution in [-0.2, 0) is 11.2 Å². The minimum absolute atomic E-state index is 0.0392. The Labute approximate surface area is 240 Å². The second-order valence-electron chi connectivity index (χ2n) is 10.9. The summed E-state index contributed by atoms with van der Waals surface area (Å²) in [4.78, 5) is 43.5. The molecule has 3 atom stereocenters. The van der Waals surface area contributed by atoms with Gasteiger partial charge in [0.2, 0.25) is 5.91 Å². The molecule has 10 heteroatoms. The smallest absolute Gasteiger partial charge is 0.254 e. The molecule has 0 bridgehead atoms. The van der Waals surface area contributed by atoms with E-state index >= 15 is 0 Å². The topological polar surface area (TPSA) is 116 Å². The highest BCUT2D eigenvalue weighted by Gasteiger charge is 2.34. The third-order valence-electron chi connectivity index (χ3n) is 7.26. The number of halogens is 2. The van der Waals surface area contributed by atoms with Gasteiger partial charge in [0.05, 0.1) is 6.10 Å². The second kappa shape index (κ2) is 15.0. The number of nitrogens with one attached hydrogen (secondary N) is 1. The Morgan fingerprint density at radius 2 is 1.61 bits per heavy atom. The van der Waals surface area contributed by atoms with Gasteiger partial charge in [0, 0.05) is 49.4 Å². The highest BCUT2D eigenvalue weighted by Crippen LogP contribution is 2.21. The standard InChI is InChI=1S/C31H42F2N4O4/c1-4-10-36(11-5-2)30(40)22-12-20(3)13-23(17-22)31(41)37(27-8-6-7-9-35-29(27)39)19-28(38)26(34)16-21-14-24(32)18-25(33)15-21/h12-15,17-18,26-28,38H,4-11,16,19,34H2,1-3H3,(H,35,39)/t26-,27-,28+/m0/s1. The molecule has 2 aromatic carbocycles. The van der Waals surface area contributed by atoms with Crippen molar-refractivity contribution in [3.05, 3.63) is 70.3 Å². The van der Waals surface area contributed by atoms with E-state index in [-0.39, 0.29) is 35.9 Å². The number of rotatable bonds is 12. The normalized spacial score (nSPS) is 16.9. The summed E-state index contributed by atoms with van der Waals surface area (Å²) < 4.78 is 27.4. The number of nitrogens with two attached hydrogens (primary N) is 1. The van der Waals surface area contributed by atoms with Crippen molar-refractivity contribution in [1.29, 1.82) is 0 Å². The molecule has 1 fully saturated rings. The molecule has 8 nitrogen and oxygen atoms in total. The van der Waals surface area contributed by atoms with Crippen molar-refractivity contribution in [1.82, 2.24) is 15.1 Å². The number of carbonyl (C=O) groups excluding carboxylic acids is 3. The van der Waals surface area contributed by atoms with Crippen LogP contribution in [0.5, 0.6) is 0 Å². The molecule has 3 amide bonds. The Balaban J connectivity index is 1.92. The van der Waals surface area contributed by atoms with Crippen molar-refractivity contribution in [3.63, 3.8) is 0 Å². The molecule has 1 aliphatic rings. The zero-order chi connectivity index (χ0) is 30.1. The van der Waals surface area contributed by atoms with Crippen molar-refractivity contribution in [3.8, 4) is 0 Å². The molecule has 0 unspecified atom stereocenters. The van der Waals surface area contributed by atoms with Gasteiger partial charge in [0.1, 0.15) is 17.7 Å². The first-order chi connectivity index (χ1) is 19.5. The molecule has 0 aromatic heterocycles. The first-order valence-electron chi connectivity index (χ1n) is 14.4. The number of aliphatic hydroxyl groups is 1. The maximum atomic E-state index is 14.0. The average Bonchev–Trinajstić information content (AvgIpc) is 3.13. The number of hydrogen-bond donors (Lipinski definition) is 3. The summed E-state index contributed by atoms with van der Waals surface area (Å²) >= 11 is 0. The summed E-state index contributed by atoms with van der Waals surface area (Å²) in [7, 11) is 0. The first kappa shape index (κ1) is 32.1. The lowest BCUT2D eigenvalue weighted by molar-refractivity contribution is -0.125. The summed E-state index contributed by atoms with van der Waals surface area (Å²) in [6.07, 6.45) is 2.11. The molecule has 3 rings (SSSR count). The fourth-order valence-electron chi connectivity index (χ4n) is 5.28. The van der Waals surface area contributed by atoms with Crippen LogP contribution in [0, 0.1) is 18.6 Å².